The number of nitrogen functional groups attached to an aromatic ring is 1. The summed E-state index contributed by atoms with van der Waals surface area (Å²) in [6.07, 6.45) is 2.57. The average Bonchev–Trinajstić information content (AvgIpc) is 3.20. The molecule has 0 saturated heterocycles. The first-order valence-electron chi connectivity index (χ1n) is 6.72. The van der Waals surface area contributed by atoms with E-state index in [0.29, 0.717) is 22.5 Å². The number of rotatable bonds is 4. The minimum absolute atomic E-state index is 0.124. The molecule has 0 unspecified atom stereocenters. The van der Waals surface area contributed by atoms with Crippen molar-refractivity contribution in [2.24, 2.45) is 5.92 Å². The van der Waals surface area contributed by atoms with Crippen molar-refractivity contribution in [3.05, 3.63) is 28.6 Å². The number of hydrogen-bond acceptors (Lipinski definition) is 4. The Hall–Kier alpha value is -2.04. The number of aromatic amines is 1. The third-order valence-corrected chi connectivity index (χ3v) is 3.57. The van der Waals surface area contributed by atoms with E-state index < -0.39 is 0 Å². The van der Waals surface area contributed by atoms with Gasteiger partial charge in [0.2, 0.25) is 5.95 Å². The van der Waals surface area contributed by atoms with E-state index in [-0.39, 0.29) is 5.56 Å². The fraction of sp³-hybridized carbons (Fsp3) is 0.429. The van der Waals surface area contributed by atoms with Crippen molar-refractivity contribution in [1.29, 1.82) is 0 Å². The molecule has 1 aliphatic carbocycles. The summed E-state index contributed by atoms with van der Waals surface area (Å²) < 4.78 is 0. The van der Waals surface area contributed by atoms with Gasteiger partial charge in [-0.1, -0.05) is 0 Å². The Balaban J connectivity index is 2.03. The monoisotopic (exact) mass is 258 g/mol. The molecule has 0 atom stereocenters. The van der Waals surface area contributed by atoms with Gasteiger partial charge in [0.25, 0.3) is 5.56 Å². The van der Waals surface area contributed by atoms with Gasteiger partial charge in [-0.2, -0.15) is 0 Å². The van der Waals surface area contributed by atoms with Crippen molar-refractivity contribution in [3.63, 3.8) is 0 Å². The van der Waals surface area contributed by atoms with Crippen molar-refractivity contribution in [2.45, 2.75) is 19.8 Å². The number of nitrogens with two attached hydrogens (primary N) is 1. The lowest BCUT2D eigenvalue weighted by Gasteiger charge is -2.21. The first kappa shape index (κ1) is 12.0. The number of fused-ring (bicyclic) bond motifs is 1. The van der Waals surface area contributed by atoms with Crippen LogP contribution in [0.3, 0.4) is 0 Å². The van der Waals surface area contributed by atoms with Crippen LogP contribution in [0.4, 0.5) is 11.6 Å². The summed E-state index contributed by atoms with van der Waals surface area (Å²) in [7, 11) is 0. The summed E-state index contributed by atoms with van der Waals surface area (Å²) >= 11 is 0. The number of hydrogen-bond donors (Lipinski definition) is 2. The molecule has 2 aromatic rings. The highest BCUT2D eigenvalue weighted by Crippen LogP contribution is 2.30. The normalized spacial score (nSPS) is 14.8. The van der Waals surface area contributed by atoms with Gasteiger partial charge in [-0.25, -0.2) is 4.98 Å². The predicted octanol–water partition coefficient (Wildman–Crippen LogP) is 1.74. The van der Waals surface area contributed by atoms with Crippen molar-refractivity contribution >= 4 is 22.5 Å². The molecule has 3 rings (SSSR count). The van der Waals surface area contributed by atoms with E-state index in [0.717, 1.165) is 19.0 Å². The highest BCUT2D eigenvalue weighted by atomic mass is 16.1. The molecule has 100 valence electrons. The molecular weight excluding hydrogens is 240 g/mol. The highest BCUT2D eigenvalue weighted by Gasteiger charge is 2.24. The standard InChI is InChI=1S/C14H18N4O/c1-2-18(8-9-3-4-9)14-16-12-6-5-10(15)7-11(12)13(19)17-14/h5-7,9H,2-4,8,15H2,1H3,(H,16,17,19). The van der Waals surface area contributed by atoms with Gasteiger partial charge in [0.1, 0.15) is 0 Å². The first-order valence-corrected chi connectivity index (χ1v) is 6.72. The Labute approximate surface area is 111 Å². The van der Waals surface area contributed by atoms with Crippen LogP contribution in [-0.4, -0.2) is 23.1 Å². The lowest BCUT2D eigenvalue weighted by molar-refractivity contribution is 0.720. The zero-order chi connectivity index (χ0) is 13.4. The van der Waals surface area contributed by atoms with Gasteiger partial charge in [-0.3, -0.25) is 9.78 Å². The number of aromatic nitrogens is 2. The van der Waals surface area contributed by atoms with Gasteiger partial charge in [-0.05, 0) is 43.9 Å². The van der Waals surface area contributed by atoms with Crippen LogP contribution in [0.15, 0.2) is 23.0 Å². The summed E-state index contributed by atoms with van der Waals surface area (Å²) in [5.74, 6) is 1.42. The van der Waals surface area contributed by atoms with Crippen LogP contribution >= 0.6 is 0 Å². The molecular formula is C14H18N4O. The van der Waals surface area contributed by atoms with E-state index in [9.17, 15) is 4.79 Å². The van der Waals surface area contributed by atoms with Gasteiger partial charge in [0.05, 0.1) is 10.9 Å². The summed E-state index contributed by atoms with van der Waals surface area (Å²) in [6.45, 7) is 3.90. The third-order valence-electron chi connectivity index (χ3n) is 3.57. The predicted molar refractivity (Wildman–Crippen MR) is 77.4 cm³/mol. The molecule has 3 N–H and O–H groups in total. The topological polar surface area (TPSA) is 75.0 Å². The minimum atomic E-state index is -0.124. The lowest BCUT2D eigenvalue weighted by Crippen LogP contribution is -2.29. The minimum Gasteiger partial charge on any atom is -0.399 e. The molecule has 5 nitrogen and oxygen atoms in total. The molecule has 0 aliphatic heterocycles. The Kier molecular flexibility index (Phi) is 2.89. The van der Waals surface area contributed by atoms with Crippen LogP contribution in [-0.2, 0) is 0 Å². The molecule has 0 radical (unpaired) electrons. The number of nitrogens with one attached hydrogen (secondary N) is 1. The summed E-state index contributed by atoms with van der Waals surface area (Å²) in [5, 5.41) is 0.547. The van der Waals surface area contributed by atoms with E-state index in [1.54, 1.807) is 18.2 Å². The molecule has 0 bridgehead atoms. The van der Waals surface area contributed by atoms with Crippen LogP contribution in [0.25, 0.3) is 10.9 Å². The molecule has 1 aromatic heterocycles. The molecule has 1 saturated carbocycles. The second kappa shape index (κ2) is 4.57. The van der Waals surface area contributed by atoms with Crippen molar-refractivity contribution in [3.8, 4) is 0 Å². The number of H-pyrrole nitrogens is 1. The fourth-order valence-electron chi connectivity index (χ4n) is 2.27. The van der Waals surface area contributed by atoms with Crippen LogP contribution < -0.4 is 16.2 Å². The van der Waals surface area contributed by atoms with E-state index >= 15 is 0 Å². The summed E-state index contributed by atoms with van der Waals surface area (Å²) in [5.41, 5.74) is 6.85. The van der Waals surface area contributed by atoms with Crippen molar-refractivity contribution in [2.75, 3.05) is 23.7 Å². The van der Waals surface area contributed by atoms with Crippen molar-refractivity contribution in [1.82, 2.24) is 9.97 Å². The SMILES string of the molecule is CCN(CC1CC1)c1nc2ccc(N)cc2c(=O)[nH]1. The van der Waals surface area contributed by atoms with Gasteiger partial charge in [0.15, 0.2) is 0 Å². The third kappa shape index (κ3) is 2.41. The second-order valence-corrected chi connectivity index (χ2v) is 5.15. The molecule has 1 aromatic carbocycles. The molecule has 0 spiro atoms. The smallest absolute Gasteiger partial charge is 0.260 e. The quantitative estimate of drug-likeness (QED) is 0.819. The first-order chi connectivity index (χ1) is 9.17. The Morgan fingerprint density at radius 3 is 2.95 bits per heavy atom. The summed E-state index contributed by atoms with van der Waals surface area (Å²) in [4.78, 5) is 21.6. The van der Waals surface area contributed by atoms with E-state index in [1.807, 2.05) is 0 Å². The zero-order valence-electron chi connectivity index (χ0n) is 11.0. The molecule has 0 amide bonds. The van der Waals surface area contributed by atoms with Gasteiger partial charge < -0.3 is 10.6 Å². The average molecular weight is 258 g/mol. The molecule has 1 aliphatic rings. The maximum Gasteiger partial charge on any atom is 0.260 e. The van der Waals surface area contributed by atoms with Crippen LogP contribution in [0.2, 0.25) is 0 Å². The second-order valence-electron chi connectivity index (χ2n) is 5.15. The maximum absolute atomic E-state index is 12.1. The van der Waals surface area contributed by atoms with E-state index in [2.05, 4.69) is 21.8 Å². The number of anilines is 2. The van der Waals surface area contributed by atoms with Crippen LogP contribution in [0.1, 0.15) is 19.8 Å². The lowest BCUT2D eigenvalue weighted by atomic mass is 10.2. The molecule has 1 fully saturated rings. The van der Waals surface area contributed by atoms with Crippen molar-refractivity contribution < 1.29 is 0 Å². The van der Waals surface area contributed by atoms with E-state index in [4.69, 9.17) is 5.73 Å². The highest BCUT2D eigenvalue weighted by molar-refractivity contribution is 5.81. The van der Waals surface area contributed by atoms with Crippen LogP contribution in [0.5, 0.6) is 0 Å². The Morgan fingerprint density at radius 1 is 1.47 bits per heavy atom. The van der Waals surface area contributed by atoms with Crippen LogP contribution in [0, 0.1) is 5.92 Å². The number of benzene rings is 1. The Morgan fingerprint density at radius 2 is 2.26 bits per heavy atom. The fourth-order valence-corrected chi connectivity index (χ4v) is 2.27. The molecule has 1 heterocycles. The molecule has 5 heteroatoms. The molecule has 19 heavy (non-hydrogen) atoms. The zero-order valence-corrected chi connectivity index (χ0v) is 11.0. The van der Waals surface area contributed by atoms with E-state index in [1.165, 1.54) is 12.8 Å². The van der Waals surface area contributed by atoms with Gasteiger partial charge in [0, 0.05) is 18.8 Å². The summed E-state index contributed by atoms with van der Waals surface area (Å²) in [6, 6.07) is 5.24. The number of nitrogens with zero attached hydrogens (tertiary/aromatic N) is 2. The van der Waals surface area contributed by atoms with Gasteiger partial charge in [-0.15, -0.1) is 0 Å². The van der Waals surface area contributed by atoms with Gasteiger partial charge >= 0.3 is 0 Å². The largest absolute Gasteiger partial charge is 0.399 e. The Bertz CT molecular complexity index is 660. The maximum atomic E-state index is 12.1.